The highest BCUT2D eigenvalue weighted by Gasteiger charge is 2.23. The third-order valence-corrected chi connectivity index (χ3v) is 7.30. The number of halogens is 1. The van der Waals surface area contributed by atoms with E-state index in [9.17, 15) is 14.0 Å². The molecule has 0 N–H and O–H groups in total. The highest BCUT2D eigenvalue weighted by Crippen LogP contribution is 2.30. The molecule has 40 heavy (non-hydrogen) atoms. The lowest BCUT2D eigenvalue weighted by Crippen LogP contribution is -2.49. The van der Waals surface area contributed by atoms with Gasteiger partial charge in [0.25, 0.3) is 0 Å². The second-order valence-corrected chi connectivity index (χ2v) is 9.87. The number of anilines is 1. The zero-order chi connectivity index (χ0) is 27.6. The van der Waals surface area contributed by atoms with E-state index in [1.54, 1.807) is 35.5 Å². The molecule has 0 saturated carbocycles. The van der Waals surface area contributed by atoms with Crippen molar-refractivity contribution >= 4 is 28.5 Å². The minimum absolute atomic E-state index is 0.0563. The van der Waals surface area contributed by atoms with Crippen LogP contribution in [-0.2, 0) is 17.6 Å². The maximum absolute atomic E-state index is 13.9. The first kappa shape index (κ1) is 25.5. The van der Waals surface area contributed by atoms with Gasteiger partial charge < -0.3 is 18.6 Å². The van der Waals surface area contributed by atoms with E-state index >= 15 is 0 Å². The number of furan rings is 1. The molecule has 0 aliphatic carbocycles. The molecule has 3 aromatic heterocycles. The molecule has 1 amide bonds. The molecule has 0 bridgehead atoms. The monoisotopic (exact) mass is 538 g/mol. The van der Waals surface area contributed by atoms with Gasteiger partial charge in [-0.25, -0.2) is 14.4 Å². The van der Waals surface area contributed by atoms with Gasteiger partial charge in [-0.15, -0.1) is 0 Å². The van der Waals surface area contributed by atoms with E-state index in [-0.39, 0.29) is 30.3 Å². The molecule has 1 fully saturated rings. The number of rotatable bonds is 7. The largest absolute Gasteiger partial charge is 0.453 e. The summed E-state index contributed by atoms with van der Waals surface area (Å²) in [7, 11) is 0. The molecule has 1 saturated heterocycles. The lowest BCUT2D eigenvalue weighted by molar-refractivity contribution is -0.130. The van der Waals surface area contributed by atoms with Crippen LogP contribution in [-0.4, -0.2) is 52.7 Å². The molecule has 0 unspecified atom stereocenters. The van der Waals surface area contributed by atoms with Crippen LogP contribution in [0.15, 0.2) is 82.1 Å². The number of benzene rings is 2. The summed E-state index contributed by atoms with van der Waals surface area (Å²) < 4.78 is 25.2. The number of nitrogens with zero attached hydrogens (tertiary/aromatic N) is 4. The van der Waals surface area contributed by atoms with Gasteiger partial charge in [-0.3, -0.25) is 9.59 Å². The average Bonchev–Trinajstić information content (AvgIpc) is 3.63. The van der Waals surface area contributed by atoms with E-state index in [1.807, 2.05) is 37.3 Å². The fraction of sp³-hybridized carbons (Fsp3) is 0.226. The number of ketones is 1. The van der Waals surface area contributed by atoms with Crippen LogP contribution in [0.25, 0.3) is 22.4 Å². The summed E-state index contributed by atoms with van der Waals surface area (Å²) in [6.07, 6.45) is 5.04. The van der Waals surface area contributed by atoms with Gasteiger partial charge >= 0.3 is 0 Å². The molecule has 202 valence electrons. The van der Waals surface area contributed by atoms with Crippen molar-refractivity contribution in [1.29, 1.82) is 0 Å². The van der Waals surface area contributed by atoms with Crippen LogP contribution in [0.2, 0.25) is 0 Å². The van der Waals surface area contributed by atoms with Crippen molar-refractivity contribution in [3.05, 3.63) is 102 Å². The third-order valence-electron chi connectivity index (χ3n) is 7.30. The summed E-state index contributed by atoms with van der Waals surface area (Å²) >= 11 is 0. The number of fused-ring (bicyclic) bond motifs is 1. The van der Waals surface area contributed by atoms with Crippen molar-refractivity contribution in [3.63, 3.8) is 0 Å². The molecule has 0 radical (unpaired) electrons. The van der Waals surface area contributed by atoms with Crippen molar-refractivity contribution in [2.45, 2.75) is 19.8 Å². The number of hydrogen-bond acceptors (Lipinski definition) is 7. The van der Waals surface area contributed by atoms with Gasteiger partial charge in [0.05, 0.1) is 12.6 Å². The number of Topliss-reactive ketones (excluding diaryl/α,β-unsaturated/α-hetero) is 1. The van der Waals surface area contributed by atoms with Crippen LogP contribution in [0.3, 0.4) is 0 Å². The molecule has 8 nitrogen and oxygen atoms in total. The number of aryl methyl sites for hydroxylation is 1. The molecule has 1 aliphatic rings. The van der Waals surface area contributed by atoms with Crippen molar-refractivity contribution in [2.24, 2.45) is 0 Å². The minimum Gasteiger partial charge on any atom is -0.453 e. The van der Waals surface area contributed by atoms with Gasteiger partial charge in [0.2, 0.25) is 17.6 Å². The van der Waals surface area contributed by atoms with Crippen LogP contribution in [0.4, 0.5) is 10.2 Å². The Bertz CT molecular complexity index is 1670. The van der Waals surface area contributed by atoms with Gasteiger partial charge in [0.15, 0.2) is 5.76 Å². The highest BCUT2D eigenvalue weighted by molar-refractivity contribution is 6.01. The first-order chi connectivity index (χ1) is 19.5. The summed E-state index contributed by atoms with van der Waals surface area (Å²) in [5.41, 5.74) is 3.43. The number of piperazine rings is 1. The Morgan fingerprint density at radius 1 is 0.975 bits per heavy atom. The summed E-state index contributed by atoms with van der Waals surface area (Å²) in [6, 6.07) is 15.8. The molecule has 1 aliphatic heterocycles. The van der Waals surface area contributed by atoms with Crippen molar-refractivity contribution in [3.8, 4) is 11.5 Å². The van der Waals surface area contributed by atoms with Crippen LogP contribution in [0, 0.1) is 12.7 Å². The molecule has 0 atom stereocenters. The van der Waals surface area contributed by atoms with Gasteiger partial charge in [-0.05, 0) is 48.4 Å². The quantitative estimate of drug-likeness (QED) is 0.262. The number of pyridine rings is 1. The van der Waals surface area contributed by atoms with Gasteiger partial charge in [-0.1, -0.05) is 24.3 Å². The van der Waals surface area contributed by atoms with Crippen molar-refractivity contribution < 1.29 is 22.8 Å². The summed E-state index contributed by atoms with van der Waals surface area (Å²) in [6.45, 7) is 4.21. The van der Waals surface area contributed by atoms with Crippen molar-refractivity contribution in [1.82, 2.24) is 14.9 Å². The number of carbonyl (C=O) groups is 2. The smallest absolute Gasteiger partial charge is 0.227 e. The highest BCUT2D eigenvalue weighted by atomic mass is 19.1. The van der Waals surface area contributed by atoms with Crippen LogP contribution in [0.1, 0.15) is 27.2 Å². The molecular formula is C31H27FN4O4. The van der Waals surface area contributed by atoms with E-state index in [4.69, 9.17) is 8.83 Å². The molecular weight excluding hydrogens is 511 g/mol. The second-order valence-electron chi connectivity index (χ2n) is 9.87. The lowest BCUT2D eigenvalue weighted by Gasteiger charge is -2.35. The van der Waals surface area contributed by atoms with Gasteiger partial charge in [0, 0.05) is 55.3 Å². The first-order valence-corrected chi connectivity index (χ1v) is 13.1. The number of oxazole rings is 1. The minimum atomic E-state index is -0.357. The Balaban J connectivity index is 1.07. The number of carbonyl (C=O) groups excluding carboxylic acids is 2. The Morgan fingerprint density at radius 2 is 1.80 bits per heavy atom. The van der Waals surface area contributed by atoms with Crippen molar-refractivity contribution in [2.75, 3.05) is 31.1 Å². The van der Waals surface area contributed by atoms with E-state index < -0.39 is 0 Å². The summed E-state index contributed by atoms with van der Waals surface area (Å²) in [4.78, 5) is 38.4. The second kappa shape index (κ2) is 10.8. The predicted octanol–water partition coefficient (Wildman–Crippen LogP) is 5.25. The Kier molecular flexibility index (Phi) is 6.86. The summed E-state index contributed by atoms with van der Waals surface area (Å²) in [5.74, 6) is 1.07. The van der Waals surface area contributed by atoms with Gasteiger partial charge in [-0.2, -0.15) is 0 Å². The fourth-order valence-corrected chi connectivity index (χ4v) is 5.06. The molecule has 2 aromatic carbocycles. The van der Waals surface area contributed by atoms with Crippen LogP contribution < -0.4 is 4.90 Å². The van der Waals surface area contributed by atoms with Gasteiger partial charge in [0.1, 0.15) is 23.5 Å². The standard InChI is InChI=1S/C31H27FN4O4/c1-20-24-17-23(31-33-10-15-39-31)7-8-27(24)40-30(20)26(37)16-21-6-9-28(34-19-21)35-11-13-36(14-12-35)29(38)18-22-4-2-3-5-25(22)32/h2-10,15,17,19H,11-14,16,18H2,1H3. The SMILES string of the molecule is Cc1c(C(=O)Cc2ccc(N3CCN(C(=O)Cc4ccccc4F)CC3)nc2)oc2ccc(-c3ncco3)cc12. The fourth-order valence-electron chi connectivity index (χ4n) is 5.06. The van der Waals surface area contributed by atoms with E-state index in [2.05, 4.69) is 14.9 Å². The van der Waals surface area contributed by atoms with Crippen LogP contribution in [0.5, 0.6) is 0 Å². The number of amides is 1. The zero-order valence-electron chi connectivity index (χ0n) is 22.0. The maximum atomic E-state index is 13.9. The van der Waals surface area contributed by atoms with Crippen LogP contribution >= 0.6 is 0 Å². The molecule has 0 spiro atoms. The number of aromatic nitrogens is 2. The normalized spacial score (nSPS) is 13.7. The molecule has 5 aromatic rings. The predicted molar refractivity (Wildman–Crippen MR) is 148 cm³/mol. The molecule has 9 heteroatoms. The van der Waals surface area contributed by atoms with E-state index in [1.165, 1.54) is 12.3 Å². The lowest BCUT2D eigenvalue weighted by atomic mass is 10.0. The first-order valence-electron chi connectivity index (χ1n) is 13.1. The number of hydrogen-bond donors (Lipinski definition) is 0. The topological polar surface area (TPSA) is 92.7 Å². The Morgan fingerprint density at radius 3 is 2.52 bits per heavy atom. The Hall–Kier alpha value is -4.79. The molecule has 6 rings (SSSR count). The average molecular weight is 539 g/mol. The maximum Gasteiger partial charge on any atom is 0.227 e. The summed E-state index contributed by atoms with van der Waals surface area (Å²) in [5, 5.41) is 0.846. The third kappa shape index (κ3) is 5.10. The zero-order valence-corrected chi connectivity index (χ0v) is 22.0. The van der Waals surface area contributed by atoms with E-state index in [0.29, 0.717) is 49.0 Å². The van der Waals surface area contributed by atoms with E-state index in [0.717, 1.165) is 27.9 Å². The molecule has 4 heterocycles. The Labute approximate surface area is 230 Å².